The summed E-state index contributed by atoms with van der Waals surface area (Å²) in [5.41, 5.74) is 0. The summed E-state index contributed by atoms with van der Waals surface area (Å²) in [6.45, 7) is 0. The van der Waals surface area contributed by atoms with Crippen molar-refractivity contribution in [2.24, 2.45) is 0 Å². The standard InChI is InChI=1S/C9H13F6NOS2/c10-7(11,9(14,15)19-17)8(12,13)18-16-6-4-2-1-3-5-6/h6,16-17H,1-5H2. The Kier molecular flexibility index (Phi) is 5.73. The quantitative estimate of drug-likeness (QED) is 0.424. The second-order valence-electron chi connectivity index (χ2n) is 4.25. The lowest BCUT2D eigenvalue weighted by Gasteiger charge is -2.31. The molecule has 1 rings (SSSR count). The van der Waals surface area contributed by atoms with E-state index in [-0.39, 0.29) is 0 Å². The first-order valence-corrected chi connectivity index (χ1v) is 7.12. The fourth-order valence-corrected chi connectivity index (χ4v) is 2.78. The van der Waals surface area contributed by atoms with Crippen LogP contribution in [0.25, 0.3) is 0 Å². The summed E-state index contributed by atoms with van der Waals surface area (Å²) in [6.07, 6.45) is 3.58. The van der Waals surface area contributed by atoms with Gasteiger partial charge in [-0.1, -0.05) is 19.3 Å². The van der Waals surface area contributed by atoms with E-state index in [1.165, 1.54) is 0 Å². The Morgan fingerprint density at radius 3 is 1.89 bits per heavy atom. The number of alkyl halides is 6. The summed E-state index contributed by atoms with van der Waals surface area (Å²) < 4.78 is 87.8. The maximum Gasteiger partial charge on any atom is 0.394 e. The van der Waals surface area contributed by atoms with E-state index in [0.29, 0.717) is 12.8 Å². The van der Waals surface area contributed by atoms with Crippen molar-refractivity contribution < 1.29 is 30.9 Å². The zero-order chi connectivity index (χ0) is 14.7. The molecule has 1 fully saturated rings. The monoisotopic (exact) mass is 329 g/mol. The first-order valence-electron chi connectivity index (χ1n) is 5.53. The number of hydrogen-bond donors (Lipinski definition) is 2. The third-order valence-corrected chi connectivity index (χ3v) is 4.25. The smallest absolute Gasteiger partial charge is 0.325 e. The van der Waals surface area contributed by atoms with E-state index in [1.807, 2.05) is 0 Å². The molecule has 0 aromatic rings. The van der Waals surface area contributed by atoms with Crippen LogP contribution in [0.5, 0.6) is 0 Å². The SMILES string of the molecule is OSC(F)(F)C(F)(F)C(F)(F)SNC1CCCCC1. The zero-order valence-electron chi connectivity index (χ0n) is 9.64. The van der Waals surface area contributed by atoms with E-state index in [4.69, 9.17) is 4.55 Å². The molecule has 0 amide bonds. The molecule has 0 aliphatic heterocycles. The van der Waals surface area contributed by atoms with Crippen LogP contribution in [0.15, 0.2) is 0 Å². The first-order chi connectivity index (χ1) is 8.64. The van der Waals surface area contributed by atoms with E-state index >= 15 is 0 Å². The summed E-state index contributed by atoms with van der Waals surface area (Å²) in [7, 11) is 0. The molecule has 0 atom stereocenters. The molecule has 1 aliphatic carbocycles. The van der Waals surface area contributed by atoms with Crippen molar-refractivity contribution in [1.82, 2.24) is 4.72 Å². The van der Waals surface area contributed by atoms with Crippen LogP contribution in [0.1, 0.15) is 32.1 Å². The number of nitrogens with one attached hydrogen (secondary N) is 1. The van der Waals surface area contributed by atoms with Gasteiger partial charge in [-0.15, -0.1) is 0 Å². The number of halogens is 6. The Bertz CT molecular complexity index is 298. The molecule has 0 aromatic heterocycles. The van der Waals surface area contributed by atoms with Gasteiger partial charge in [0.15, 0.2) is 0 Å². The molecule has 114 valence electrons. The average molecular weight is 329 g/mol. The summed E-state index contributed by atoms with van der Waals surface area (Å²) in [5.74, 6) is -5.66. The molecule has 0 bridgehead atoms. The molecule has 0 unspecified atom stereocenters. The van der Waals surface area contributed by atoms with Gasteiger partial charge < -0.3 is 4.55 Å². The van der Waals surface area contributed by atoms with Crippen molar-refractivity contribution in [3.05, 3.63) is 0 Å². The molecule has 0 aromatic carbocycles. The largest absolute Gasteiger partial charge is 0.394 e. The lowest BCUT2D eigenvalue weighted by Crippen LogP contribution is -2.52. The molecule has 1 saturated carbocycles. The maximum absolute atomic E-state index is 13.2. The second-order valence-corrected chi connectivity index (χ2v) is 5.90. The highest BCUT2D eigenvalue weighted by molar-refractivity contribution is 7.98. The van der Waals surface area contributed by atoms with Crippen LogP contribution in [0.2, 0.25) is 0 Å². The molecule has 0 heterocycles. The van der Waals surface area contributed by atoms with Gasteiger partial charge in [0.2, 0.25) is 0 Å². The predicted molar refractivity (Wildman–Crippen MR) is 62.7 cm³/mol. The Morgan fingerprint density at radius 2 is 1.42 bits per heavy atom. The number of rotatable bonds is 6. The summed E-state index contributed by atoms with van der Waals surface area (Å²) >= 11 is -2.29. The van der Waals surface area contributed by atoms with Gasteiger partial charge in [0.05, 0.1) is 12.0 Å². The molecular formula is C9H13F6NOS2. The second kappa shape index (κ2) is 6.31. The van der Waals surface area contributed by atoms with Crippen molar-refractivity contribution in [2.75, 3.05) is 0 Å². The molecule has 1 aliphatic rings. The van der Waals surface area contributed by atoms with Crippen LogP contribution in [0.4, 0.5) is 26.3 Å². The van der Waals surface area contributed by atoms with Crippen molar-refractivity contribution in [2.45, 2.75) is 54.6 Å². The van der Waals surface area contributed by atoms with Gasteiger partial charge in [-0.05, 0) is 12.8 Å². The minimum absolute atomic E-state index is 0.393. The molecule has 2 N–H and O–H groups in total. The van der Waals surface area contributed by atoms with E-state index in [9.17, 15) is 26.3 Å². The topological polar surface area (TPSA) is 32.3 Å². The van der Waals surface area contributed by atoms with Gasteiger partial charge in [-0.25, -0.2) is 0 Å². The summed E-state index contributed by atoms with van der Waals surface area (Å²) in [6, 6.07) is -0.393. The van der Waals surface area contributed by atoms with Gasteiger partial charge in [0.25, 0.3) is 0 Å². The highest BCUT2D eigenvalue weighted by Crippen LogP contribution is 2.54. The van der Waals surface area contributed by atoms with Gasteiger partial charge in [-0.2, -0.15) is 26.3 Å². The maximum atomic E-state index is 13.2. The van der Waals surface area contributed by atoms with Gasteiger partial charge in [0.1, 0.15) is 0 Å². The number of hydrogen-bond acceptors (Lipinski definition) is 4. The molecule has 19 heavy (non-hydrogen) atoms. The predicted octanol–water partition coefficient (Wildman–Crippen LogP) is 4.58. The van der Waals surface area contributed by atoms with Gasteiger partial charge in [-0.3, -0.25) is 4.72 Å². The normalized spacial score (nSPS) is 19.7. The summed E-state index contributed by atoms with van der Waals surface area (Å²) in [4.78, 5) is 0. The minimum atomic E-state index is -5.66. The highest BCUT2D eigenvalue weighted by atomic mass is 32.2. The third-order valence-electron chi connectivity index (χ3n) is 2.80. The lowest BCUT2D eigenvalue weighted by atomic mass is 9.96. The fraction of sp³-hybridized carbons (Fsp3) is 1.00. The van der Waals surface area contributed by atoms with Gasteiger partial charge >= 0.3 is 16.4 Å². The van der Waals surface area contributed by atoms with Crippen LogP contribution < -0.4 is 4.72 Å². The van der Waals surface area contributed by atoms with E-state index < -0.39 is 46.5 Å². The average Bonchev–Trinajstić information content (AvgIpc) is 2.37. The molecule has 10 heteroatoms. The van der Waals surface area contributed by atoms with Crippen molar-refractivity contribution >= 4 is 24.0 Å². The molecular weight excluding hydrogens is 316 g/mol. The van der Waals surface area contributed by atoms with Crippen LogP contribution >= 0.6 is 24.0 Å². The molecule has 0 spiro atoms. The van der Waals surface area contributed by atoms with Crippen LogP contribution in [-0.4, -0.2) is 27.0 Å². The highest BCUT2D eigenvalue weighted by Gasteiger charge is 2.73. The lowest BCUT2D eigenvalue weighted by molar-refractivity contribution is -0.238. The fourth-order valence-electron chi connectivity index (χ4n) is 1.67. The Labute approximate surface area is 115 Å². The van der Waals surface area contributed by atoms with E-state index in [2.05, 4.69) is 4.72 Å². The Morgan fingerprint density at radius 1 is 0.895 bits per heavy atom. The van der Waals surface area contributed by atoms with Crippen LogP contribution in [0.3, 0.4) is 0 Å². The van der Waals surface area contributed by atoms with Crippen molar-refractivity contribution in [3.63, 3.8) is 0 Å². The molecule has 0 saturated heterocycles. The zero-order valence-corrected chi connectivity index (χ0v) is 11.3. The van der Waals surface area contributed by atoms with Crippen LogP contribution in [0, 0.1) is 0 Å². The Balaban J connectivity index is 2.63. The minimum Gasteiger partial charge on any atom is -0.325 e. The van der Waals surface area contributed by atoms with Crippen molar-refractivity contribution in [1.29, 1.82) is 0 Å². The van der Waals surface area contributed by atoms with Gasteiger partial charge in [0, 0.05) is 18.0 Å². The summed E-state index contributed by atoms with van der Waals surface area (Å²) in [5, 5.41) is -10.3. The van der Waals surface area contributed by atoms with E-state index in [1.54, 1.807) is 0 Å². The molecule has 0 radical (unpaired) electrons. The molecule has 2 nitrogen and oxygen atoms in total. The van der Waals surface area contributed by atoms with E-state index in [0.717, 1.165) is 19.3 Å². The first kappa shape index (κ1) is 17.3. The Hall–Kier alpha value is 0.200. The third kappa shape index (κ3) is 3.85. The van der Waals surface area contributed by atoms with Crippen LogP contribution in [-0.2, 0) is 0 Å². The van der Waals surface area contributed by atoms with Crippen molar-refractivity contribution in [3.8, 4) is 0 Å².